The number of H-pyrrole nitrogens is 1. The number of carboxylic acids is 1. The lowest BCUT2D eigenvalue weighted by Crippen LogP contribution is -2.49. The molecule has 4 rings (SSSR count). The largest absolute Gasteiger partial charge is 0.480 e. The van der Waals surface area contributed by atoms with E-state index in [1.165, 1.54) is 0 Å². The molecule has 2 N–H and O–H groups in total. The maximum absolute atomic E-state index is 12.3. The van der Waals surface area contributed by atoms with Crippen LogP contribution >= 0.6 is 23.2 Å². The summed E-state index contributed by atoms with van der Waals surface area (Å²) in [5, 5.41) is 20.6. The van der Waals surface area contributed by atoms with Crippen molar-refractivity contribution in [3.63, 3.8) is 0 Å². The second-order valence-corrected chi connectivity index (χ2v) is 8.07. The Morgan fingerprint density at radius 3 is 2.61 bits per heavy atom. The third kappa shape index (κ3) is 4.42. The number of nitrogens with one attached hydrogen (secondary N) is 1. The van der Waals surface area contributed by atoms with Crippen molar-refractivity contribution in [2.75, 3.05) is 37.7 Å². The van der Waals surface area contributed by atoms with E-state index >= 15 is 0 Å². The van der Waals surface area contributed by atoms with Gasteiger partial charge in [-0.3, -0.25) is 9.69 Å². The lowest BCUT2D eigenvalue weighted by atomic mass is 10.0. The van der Waals surface area contributed by atoms with Gasteiger partial charge in [-0.15, -0.1) is 0 Å². The van der Waals surface area contributed by atoms with Crippen LogP contribution in [0.2, 0.25) is 10.0 Å². The number of ether oxygens (including phenoxy) is 1. The number of anilines is 1. The second-order valence-electron chi connectivity index (χ2n) is 7.26. The predicted octanol–water partition coefficient (Wildman–Crippen LogP) is 4.32. The molecule has 0 radical (unpaired) electrons. The molecule has 0 bridgehead atoms. The standard InChI is InChI=1S/C22H20Cl2N4O3/c23-18-3-1-14(11-19(18)24)27-6-8-28(9-7-27)21(22(29)30)17-13-26-20-4-2-15(12-16(17)20)31-10-5-25/h1-4,11-13,21,26H,6-10H2,(H,29,30)/t21-/m1/s1. The van der Waals surface area contributed by atoms with E-state index in [1.54, 1.807) is 24.4 Å². The van der Waals surface area contributed by atoms with Gasteiger partial charge in [-0.1, -0.05) is 23.2 Å². The zero-order valence-corrected chi connectivity index (χ0v) is 18.0. The molecule has 0 unspecified atom stereocenters. The normalized spacial score (nSPS) is 15.6. The average Bonchev–Trinajstić information content (AvgIpc) is 3.17. The summed E-state index contributed by atoms with van der Waals surface area (Å²) in [6.45, 7) is 2.43. The second kappa shape index (κ2) is 9.06. The summed E-state index contributed by atoms with van der Waals surface area (Å²) in [6, 6.07) is 12.0. The van der Waals surface area contributed by atoms with Crippen LogP contribution in [0.4, 0.5) is 5.69 Å². The molecule has 160 valence electrons. The Labute approximate surface area is 189 Å². The molecule has 1 aliphatic heterocycles. The number of carboxylic acid groups (broad SMARTS) is 1. The van der Waals surface area contributed by atoms with Crippen molar-refractivity contribution in [3.8, 4) is 11.8 Å². The summed E-state index contributed by atoms with van der Waals surface area (Å²) in [7, 11) is 0. The molecule has 1 saturated heterocycles. The molecule has 0 aliphatic carbocycles. The van der Waals surface area contributed by atoms with Crippen molar-refractivity contribution in [1.29, 1.82) is 5.26 Å². The van der Waals surface area contributed by atoms with Gasteiger partial charge in [-0.05, 0) is 36.4 Å². The molecule has 1 aliphatic rings. The maximum Gasteiger partial charge on any atom is 0.325 e. The minimum atomic E-state index is -0.910. The van der Waals surface area contributed by atoms with Crippen LogP contribution < -0.4 is 9.64 Å². The Balaban J connectivity index is 1.55. The summed E-state index contributed by atoms with van der Waals surface area (Å²) in [6.07, 6.45) is 1.74. The van der Waals surface area contributed by atoms with Gasteiger partial charge >= 0.3 is 5.97 Å². The zero-order chi connectivity index (χ0) is 22.0. The van der Waals surface area contributed by atoms with Crippen LogP contribution in [-0.2, 0) is 4.79 Å². The van der Waals surface area contributed by atoms with Crippen molar-refractivity contribution >= 4 is 45.8 Å². The molecule has 3 aromatic rings. The van der Waals surface area contributed by atoms with Gasteiger partial charge in [0.2, 0.25) is 0 Å². The smallest absolute Gasteiger partial charge is 0.325 e. The van der Waals surface area contributed by atoms with Crippen LogP contribution in [0.3, 0.4) is 0 Å². The Hall–Kier alpha value is -2.92. The summed E-state index contributed by atoms with van der Waals surface area (Å²) in [4.78, 5) is 19.5. The molecule has 1 aromatic heterocycles. The third-order valence-electron chi connectivity index (χ3n) is 5.46. The number of nitrogens with zero attached hydrogens (tertiary/aromatic N) is 3. The Morgan fingerprint density at radius 2 is 1.94 bits per heavy atom. The highest BCUT2D eigenvalue weighted by atomic mass is 35.5. The number of rotatable bonds is 6. The number of aliphatic carboxylic acids is 1. The lowest BCUT2D eigenvalue weighted by molar-refractivity contribution is -0.143. The monoisotopic (exact) mass is 458 g/mol. The van der Waals surface area contributed by atoms with E-state index in [9.17, 15) is 9.90 Å². The van der Waals surface area contributed by atoms with Gasteiger partial charge in [0.25, 0.3) is 0 Å². The molecular weight excluding hydrogens is 439 g/mol. The van der Waals surface area contributed by atoms with E-state index in [2.05, 4.69) is 9.88 Å². The highest BCUT2D eigenvalue weighted by molar-refractivity contribution is 6.42. The quantitative estimate of drug-likeness (QED) is 0.570. The topological polar surface area (TPSA) is 92.6 Å². The summed E-state index contributed by atoms with van der Waals surface area (Å²) in [5.41, 5.74) is 2.46. The van der Waals surface area contributed by atoms with Gasteiger partial charge in [0, 0.05) is 54.5 Å². The van der Waals surface area contributed by atoms with E-state index < -0.39 is 12.0 Å². The molecule has 7 nitrogen and oxygen atoms in total. The van der Waals surface area contributed by atoms with Gasteiger partial charge in [-0.2, -0.15) is 5.26 Å². The fourth-order valence-electron chi connectivity index (χ4n) is 3.96. The maximum atomic E-state index is 12.3. The van der Waals surface area contributed by atoms with Crippen molar-refractivity contribution in [1.82, 2.24) is 9.88 Å². The van der Waals surface area contributed by atoms with Crippen LogP contribution in [-0.4, -0.2) is 53.7 Å². The summed E-state index contributed by atoms with van der Waals surface area (Å²) < 4.78 is 5.39. The van der Waals surface area contributed by atoms with Crippen molar-refractivity contribution in [2.45, 2.75) is 6.04 Å². The molecule has 0 amide bonds. The van der Waals surface area contributed by atoms with Gasteiger partial charge < -0.3 is 19.7 Å². The van der Waals surface area contributed by atoms with Crippen molar-refractivity contribution < 1.29 is 14.6 Å². The molecular formula is C22H20Cl2N4O3. The van der Waals surface area contributed by atoms with Crippen LogP contribution in [0.5, 0.6) is 5.75 Å². The number of aromatic amines is 1. The van der Waals surface area contributed by atoms with Crippen LogP contribution in [0.1, 0.15) is 11.6 Å². The first kappa shape index (κ1) is 21.3. The van der Waals surface area contributed by atoms with Gasteiger partial charge in [0.15, 0.2) is 6.61 Å². The van der Waals surface area contributed by atoms with Crippen LogP contribution in [0.15, 0.2) is 42.6 Å². The van der Waals surface area contributed by atoms with Gasteiger partial charge in [0.1, 0.15) is 17.9 Å². The molecule has 2 aromatic carbocycles. The minimum absolute atomic E-state index is 0.0652. The fraction of sp³-hybridized carbons (Fsp3) is 0.273. The highest BCUT2D eigenvalue weighted by Gasteiger charge is 2.32. The number of nitriles is 1. The number of aromatic nitrogens is 1. The molecule has 1 atom stereocenters. The van der Waals surface area contributed by atoms with Crippen LogP contribution in [0, 0.1) is 11.3 Å². The van der Waals surface area contributed by atoms with E-state index in [0.29, 0.717) is 47.5 Å². The van der Waals surface area contributed by atoms with E-state index in [-0.39, 0.29) is 6.61 Å². The number of hydrogen-bond acceptors (Lipinski definition) is 5. The SMILES string of the molecule is N#CCOc1ccc2[nH]cc([C@H](C(=O)O)N3CCN(c4ccc(Cl)c(Cl)c4)CC3)c2c1. The van der Waals surface area contributed by atoms with Crippen molar-refractivity contribution in [2.24, 2.45) is 0 Å². The van der Waals surface area contributed by atoms with Crippen molar-refractivity contribution in [3.05, 3.63) is 58.2 Å². The molecule has 0 spiro atoms. The molecule has 31 heavy (non-hydrogen) atoms. The molecule has 2 heterocycles. The first-order valence-electron chi connectivity index (χ1n) is 9.75. The number of fused-ring (bicyclic) bond motifs is 1. The number of benzene rings is 2. The van der Waals surface area contributed by atoms with Gasteiger partial charge in [0.05, 0.1) is 10.0 Å². The Bertz CT molecular complexity index is 1150. The summed E-state index contributed by atoms with van der Waals surface area (Å²) in [5.74, 6) is -0.379. The van der Waals surface area contributed by atoms with E-state index in [0.717, 1.165) is 16.6 Å². The molecule has 0 saturated carbocycles. The van der Waals surface area contributed by atoms with Gasteiger partial charge in [-0.25, -0.2) is 0 Å². The minimum Gasteiger partial charge on any atom is -0.480 e. The number of halogens is 2. The first-order chi connectivity index (χ1) is 15.0. The number of carbonyl (C=O) groups is 1. The lowest BCUT2D eigenvalue weighted by Gasteiger charge is -2.38. The van der Waals surface area contributed by atoms with Crippen LogP contribution in [0.25, 0.3) is 10.9 Å². The summed E-state index contributed by atoms with van der Waals surface area (Å²) >= 11 is 12.2. The van der Waals surface area contributed by atoms with E-state index in [1.807, 2.05) is 29.2 Å². The Kier molecular flexibility index (Phi) is 6.23. The molecule has 9 heteroatoms. The number of hydrogen-bond donors (Lipinski definition) is 2. The third-order valence-corrected chi connectivity index (χ3v) is 6.20. The first-order valence-corrected chi connectivity index (χ1v) is 10.5. The highest BCUT2D eigenvalue weighted by Crippen LogP contribution is 2.33. The fourth-order valence-corrected chi connectivity index (χ4v) is 4.25. The molecule has 1 fully saturated rings. The zero-order valence-electron chi connectivity index (χ0n) is 16.5. The number of piperazine rings is 1. The Morgan fingerprint density at radius 1 is 1.16 bits per heavy atom. The predicted molar refractivity (Wildman–Crippen MR) is 120 cm³/mol. The average molecular weight is 459 g/mol. The van der Waals surface area contributed by atoms with E-state index in [4.69, 9.17) is 33.2 Å².